The zero-order chi connectivity index (χ0) is 21.7. The summed E-state index contributed by atoms with van der Waals surface area (Å²) in [4.78, 5) is 13.4. The second-order valence-corrected chi connectivity index (χ2v) is 9.14. The van der Waals surface area contributed by atoms with E-state index in [1.165, 1.54) is 22.2 Å². The Kier molecular flexibility index (Phi) is 4.72. The molecule has 0 radical (unpaired) electrons. The maximum absolute atomic E-state index is 5.67. The molecule has 0 amide bonds. The average molecular weight is 429 g/mol. The molecule has 0 spiro atoms. The molecule has 1 aromatic carbocycles. The summed E-state index contributed by atoms with van der Waals surface area (Å²) in [6.45, 7) is 5.67. The molecule has 0 fully saturated rings. The van der Waals surface area contributed by atoms with Crippen molar-refractivity contribution < 1.29 is 4.74 Å². The van der Waals surface area contributed by atoms with Gasteiger partial charge in [-0.05, 0) is 43.2 Å². The van der Waals surface area contributed by atoms with Crippen LogP contribution in [0.3, 0.4) is 0 Å². The number of rotatable bonds is 4. The van der Waals surface area contributed by atoms with Crippen molar-refractivity contribution in [1.29, 1.82) is 0 Å². The van der Waals surface area contributed by atoms with Crippen LogP contribution in [-0.2, 0) is 17.6 Å². The van der Waals surface area contributed by atoms with Crippen LogP contribution in [0.1, 0.15) is 55.3 Å². The van der Waals surface area contributed by atoms with Crippen molar-refractivity contribution in [2.75, 3.05) is 18.5 Å². The lowest BCUT2D eigenvalue weighted by Gasteiger charge is -2.24. The van der Waals surface area contributed by atoms with Crippen molar-refractivity contribution in [2.45, 2.75) is 51.5 Å². The number of nitrogens with zero attached hydrogens (tertiary/aromatic N) is 4. The number of aromatic nitrogens is 5. The number of benzene rings is 1. The molecule has 1 unspecified atom stereocenters. The summed E-state index contributed by atoms with van der Waals surface area (Å²) in [6.07, 6.45) is 8.06. The predicted molar refractivity (Wildman–Crippen MR) is 126 cm³/mol. The molecular weight excluding hydrogens is 400 g/mol. The fourth-order valence-corrected chi connectivity index (χ4v) is 4.93. The Balaban J connectivity index is 1.38. The number of hydrogen-bond acceptors (Lipinski definition) is 5. The minimum Gasteiger partial charge on any atom is -0.376 e. The quantitative estimate of drug-likeness (QED) is 0.500. The van der Waals surface area contributed by atoms with Crippen LogP contribution < -0.4 is 5.32 Å². The number of aromatic amines is 1. The number of nitrogens with one attached hydrogen (secondary N) is 2. The van der Waals surface area contributed by atoms with Gasteiger partial charge in [-0.15, -0.1) is 0 Å². The summed E-state index contributed by atoms with van der Waals surface area (Å²) in [6, 6.07) is 8.87. The highest BCUT2D eigenvalue weighted by atomic mass is 16.5. The number of para-hydroxylation sites is 1. The molecule has 4 heterocycles. The van der Waals surface area contributed by atoms with Crippen LogP contribution in [0.25, 0.3) is 22.1 Å². The lowest BCUT2D eigenvalue weighted by molar-refractivity contribution is 0.164. The Morgan fingerprint density at radius 1 is 1.22 bits per heavy atom. The van der Waals surface area contributed by atoms with Crippen LogP contribution in [0.15, 0.2) is 36.5 Å². The van der Waals surface area contributed by atoms with Crippen LogP contribution >= 0.6 is 0 Å². The van der Waals surface area contributed by atoms with Crippen molar-refractivity contribution in [1.82, 2.24) is 24.6 Å². The van der Waals surface area contributed by atoms with E-state index in [0.29, 0.717) is 12.5 Å². The summed E-state index contributed by atoms with van der Waals surface area (Å²) < 4.78 is 7.54. The van der Waals surface area contributed by atoms with Gasteiger partial charge in [0.05, 0.1) is 19.4 Å². The van der Waals surface area contributed by atoms with E-state index in [2.05, 4.69) is 59.6 Å². The molecule has 0 saturated heterocycles. The lowest BCUT2D eigenvalue weighted by atomic mass is 9.91. The summed E-state index contributed by atoms with van der Waals surface area (Å²) in [5.74, 6) is 1.84. The lowest BCUT2D eigenvalue weighted by Crippen LogP contribution is -2.29. The second kappa shape index (κ2) is 7.74. The number of fused-ring (bicyclic) bond motifs is 4. The van der Waals surface area contributed by atoms with Crippen LogP contribution in [0.2, 0.25) is 0 Å². The molecule has 6 rings (SSSR count). The van der Waals surface area contributed by atoms with Gasteiger partial charge in [-0.1, -0.05) is 38.1 Å². The first kappa shape index (κ1) is 19.5. The Bertz CT molecular complexity index is 1330. The normalized spacial score (nSPS) is 18.8. The maximum atomic E-state index is 5.67. The van der Waals surface area contributed by atoms with Crippen molar-refractivity contribution >= 4 is 28.1 Å². The van der Waals surface area contributed by atoms with E-state index in [0.717, 1.165) is 60.8 Å². The maximum Gasteiger partial charge on any atom is 0.228 e. The number of ether oxygens (including phenoxy) is 1. The van der Waals surface area contributed by atoms with Gasteiger partial charge in [0.1, 0.15) is 0 Å². The molecule has 3 aromatic heterocycles. The smallest absolute Gasteiger partial charge is 0.228 e. The van der Waals surface area contributed by atoms with Gasteiger partial charge < -0.3 is 15.0 Å². The van der Waals surface area contributed by atoms with Gasteiger partial charge in [-0.25, -0.2) is 4.98 Å². The first-order valence-electron chi connectivity index (χ1n) is 11.5. The van der Waals surface area contributed by atoms with E-state index in [1.54, 1.807) is 0 Å². The van der Waals surface area contributed by atoms with Crippen molar-refractivity contribution in [3.8, 4) is 0 Å². The van der Waals surface area contributed by atoms with Crippen LogP contribution in [0, 0.1) is 0 Å². The third-order valence-corrected chi connectivity index (χ3v) is 6.64. The van der Waals surface area contributed by atoms with Gasteiger partial charge in [-0.2, -0.15) is 14.6 Å². The predicted octanol–water partition coefficient (Wildman–Crippen LogP) is 4.50. The Morgan fingerprint density at radius 2 is 2.12 bits per heavy atom. The fourth-order valence-electron chi connectivity index (χ4n) is 4.93. The van der Waals surface area contributed by atoms with Gasteiger partial charge in [0.15, 0.2) is 11.5 Å². The monoisotopic (exact) mass is 428 g/mol. The molecule has 1 aliphatic carbocycles. The van der Waals surface area contributed by atoms with Crippen molar-refractivity contribution in [3.63, 3.8) is 0 Å². The minimum atomic E-state index is 0.288. The Hall–Kier alpha value is -3.19. The van der Waals surface area contributed by atoms with Gasteiger partial charge in [-0.3, -0.25) is 0 Å². The Morgan fingerprint density at radius 3 is 2.97 bits per heavy atom. The largest absolute Gasteiger partial charge is 0.376 e. The van der Waals surface area contributed by atoms with E-state index < -0.39 is 0 Å². The summed E-state index contributed by atoms with van der Waals surface area (Å²) in [7, 11) is 0. The van der Waals surface area contributed by atoms with E-state index in [1.807, 2.05) is 10.7 Å². The zero-order valence-electron chi connectivity index (χ0n) is 18.6. The molecule has 2 aliphatic rings. The van der Waals surface area contributed by atoms with E-state index >= 15 is 0 Å². The number of aryl methyl sites for hydroxylation is 1. The molecule has 32 heavy (non-hydrogen) atoms. The van der Waals surface area contributed by atoms with E-state index in [4.69, 9.17) is 14.7 Å². The first-order chi connectivity index (χ1) is 15.7. The van der Waals surface area contributed by atoms with Crippen LogP contribution in [-0.4, -0.2) is 43.8 Å². The van der Waals surface area contributed by atoms with Gasteiger partial charge in [0, 0.05) is 33.8 Å². The molecule has 0 bridgehead atoms. The third kappa shape index (κ3) is 3.28. The average Bonchev–Trinajstić information content (AvgIpc) is 3.41. The third-order valence-electron chi connectivity index (χ3n) is 6.64. The van der Waals surface area contributed by atoms with Crippen LogP contribution in [0.5, 0.6) is 0 Å². The standard InChI is InChI=1S/C25H28N6O/c1-15(2)20-13-26-31-24(20)29-23(16-6-5-11-32-14-16)30-25(31)27-17-9-10-22-19(12-17)18-7-3-4-8-21(18)28-22/h3-4,6-8,13,15,17,28H,5,9-12,14H2,1-2H3,(H,27,29,30). The summed E-state index contributed by atoms with van der Waals surface area (Å²) in [5, 5.41) is 9.69. The zero-order valence-corrected chi connectivity index (χ0v) is 18.6. The number of H-pyrrole nitrogens is 1. The van der Waals surface area contributed by atoms with Gasteiger partial charge >= 0.3 is 0 Å². The first-order valence-corrected chi connectivity index (χ1v) is 11.5. The number of hydrogen-bond donors (Lipinski definition) is 2. The van der Waals surface area contributed by atoms with Crippen LogP contribution in [0.4, 0.5) is 5.95 Å². The molecule has 7 heteroatoms. The molecule has 2 N–H and O–H groups in total. The second-order valence-electron chi connectivity index (χ2n) is 9.14. The summed E-state index contributed by atoms with van der Waals surface area (Å²) >= 11 is 0. The minimum absolute atomic E-state index is 0.288. The van der Waals surface area contributed by atoms with E-state index in [-0.39, 0.29) is 6.04 Å². The highest BCUT2D eigenvalue weighted by molar-refractivity contribution is 5.85. The number of anilines is 1. The molecule has 1 aliphatic heterocycles. The highest BCUT2D eigenvalue weighted by Gasteiger charge is 2.25. The topological polar surface area (TPSA) is 80.1 Å². The van der Waals surface area contributed by atoms with E-state index in [9.17, 15) is 0 Å². The van der Waals surface area contributed by atoms with Gasteiger partial charge in [0.2, 0.25) is 5.95 Å². The SMILES string of the molecule is CC(C)c1cnn2c(NC3CCc4[nH]c5ccccc5c4C3)nc(C3=CCCOC3)nc12. The molecule has 7 nitrogen and oxygen atoms in total. The summed E-state index contributed by atoms with van der Waals surface area (Å²) in [5.41, 5.74) is 7.08. The molecule has 164 valence electrons. The molecule has 1 atom stereocenters. The van der Waals surface area contributed by atoms with Crippen molar-refractivity contribution in [2.24, 2.45) is 0 Å². The highest BCUT2D eigenvalue weighted by Crippen LogP contribution is 2.31. The molecule has 0 saturated carbocycles. The van der Waals surface area contributed by atoms with Gasteiger partial charge in [0.25, 0.3) is 0 Å². The Labute approximate surface area is 186 Å². The molecular formula is C25H28N6O. The molecule has 4 aromatic rings. The fraction of sp³-hybridized carbons (Fsp3) is 0.400. The van der Waals surface area contributed by atoms with Crippen molar-refractivity contribution in [3.05, 3.63) is 59.2 Å².